The molecule has 2 aromatic heterocycles. The molecule has 0 unspecified atom stereocenters. The van der Waals surface area contributed by atoms with Gasteiger partial charge in [-0.05, 0) is 38.7 Å². The molecule has 3 aromatic rings. The van der Waals surface area contributed by atoms with Gasteiger partial charge < -0.3 is 23.9 Å². The smallest absolute Gasteiger partial charge is 0.280 e. The van der Waals surface area contributed by atoms with E-state index in [0.29, 0.717) is 61.5 Å². The van der Waals surface area contributed by atoms with Crippen molar-refractivity contribution in [1.82, 2.24) is 14.9 Å². The van der Waals surface area contributed by atoms with E-state index in [9.17, 15) is 13.2 Å². The number of ether oxygens (including phenoxy) is 3. The SMILES string of the molecule is COCCCS(=O)(=O)c1ccc(C(=NO[C@@H]2CCOC2)C(=O)Nc2ncc(-c3cccc(OCCN(C)C)n3)s2)cc1. The van der Waals surface area contributed by atoms with Crippen LogP contribution in [-0.2, 0) is 28.9 Å². The number of rotatable bonds is 15. The monoisotopic (exact) mass is 617 g/mol. The van der Waals surface area contributed by atoms with E-state index in [2.05, 4.69) is 20.4 Å². The number of nitrogens with zero attached hydrogens (tertiary/aromatic N) is 4. The fraction of sp³-hybridized carbons (Fsp3) is 0.429. The average Bonchev–Trinajstić information content (AvgIpc) is 3.66. The van der Waals surface area contributed by atoms with Crippen molar-refractivity contribution >= 4 is 37.9 Å². The molecule has 14 heteroatoms. The van der Waals surface area contributed by atoms with Crippen LogP contribution in [0.4, 0.5) is 5.13 Å². The Morgan fingerprint density at radius 2 is 2.00 bits per heavy atom. The number of carbonyl (C=O) groups is 1. The van der Waals surface area contributed by atoms with Gasteiger partial charge in [0.25, 0.3) is 5.91 Å². The van der Waals surface area contributed by atoms with Crippen molar-refractivity contribution in [2.75, 3.05) is 65.2 Å². The first-order chi connectivity index (χ1) is 20.2. The predicted molar refractivity (Wildman–Crippen MR) is 160 cm³/mol. The summed E-state index contributed by atoms with van der Waals surface area (Å²) in [5, 5.41) is 7.26. The van der Waals surface area contributed by atoms with Crippen LogP contribution in [0.5, 0.6) is 5.88 Å². The lowest BCUT2D eigenvalue weighted by atomic mass is 10.1. The normalized spacial score (nSPS) is 15.6. The standard InChI is InChI=1S/C28H35N5O7S2/c1-33(2)13-16-39-25-7-4-6-23(30-25)24-18-29-28(41-24)31-27(34)26(32-40-21-12-15-38-19-21)20-8-10-22(11-9-20)42(35,36)17-5-14-37-3/h4,6-11,18,21H,5,12-17,19H2,1-3H3,(H,29,31,34)/t21-/m1/s1. The summed E-state index contributed by atoms with van der Waals surface area (Å²) in [5.41, 5.74) is 1.04. The van der Waals surface area contributed by atoms with E-state index in [1.807, 2.05) is 31.1 Å². The van der Waals surface area contributed by atoms with Gasteiger partial charge in [0.1, 0.15) is 6.61 Å². The van der Waals surface area contributed by atoms with Gasteiger partial charge in [-0.15, -0.1) is 0 Å². The summed E-state index contributed by atoms with van der Waals surface area (Å²) in [7, 11) is 1.97. The van der Waals surface area contributed by atoms with E-state index in [1.54, 1.807) is 12.3 Å². The topological polar surface area (TPSA) is 142 Å². The minimum Gasteiger partial charge on any atom is -0.476 e. The quantitative estimate of drug-likeness (QED) is 0.154. The van der Waals surface area contributed by atoms with Crippen LogP contribution in [0, 0.1) is 0 Å². The highest BCUT2D eigenvalue weighted by Gasteiger charge is 2.22. The molecule has 1 aliphatic heterocycles. The summed E-state index contributed by atoms with van der Waals surface area (Å²) in [6, 6.07) is 11.5. The minimum atomic E-state index is -3.50. The van der Waals surface area contributed by atoms with Crippen molar-refractivity contribution in [3.8, 4) is 16.5 Å². The van der Waals surface area contributed by atoms with Crippen LogP contribution in [0.3, 0.4) is 0 Å². The summed E-state index contributed by atoms with van der Waals surface area (Å²) < 4.78 is 41.3. The molecular weight excluding hydrogens is 582 g/mol. The van der Waals surface area contributed by atoms with Crippen molar-refractivity contribution in [2.24, 2.45) is 5.16 Å². The van der Waals surface area contributed by atoms with Crippen LogP contribution < -0.4 is 10.1 Å². The van der Waals surface area contributed by atoms with E-state index in [0.717, 1.165) is 11.4 Å². The lowest BCUT2D eigenvalue weighted by molar-refractivity contribution is -0.110. The van der Waals surface area contributed by atoms with Crippen LogP contribution in [0.1, 0.15) is 18.4 Å². The number of pyridine rings is 1. The number of likely N-dealkylation sites (N-methyl/N-ethyl adjacent to an activating group) is 1. The number of hydrogen-bond acceptors (Lipinski definition) is 12. The number of oxime groups is 1. The lowest BCUT2D eigenvalue weighted by Gasteiger charge is -2.11. The van der Waals surface area contributed by atoms with E-state index < -0.39 is 15.7 Å². The molecule has 0 aliphatic carbocycles. The third-order valence-electron chi connectivity index (χ3n) is 6.14. The van der Waals surface area contributed by atoms with Crippen LogP contribution in [0.15, 0.2) is 58.7 Å². The Bertz CT molecular complexity index is 1450. The Hall–Kier alpha value is -3.43. The number of carbonyl (C=O) groups excluding carboxylic acids is 1. The summed E-state index contributed by atoms with van der Waals surface area (Å²) >= 11 is 1.25. The molecule has 42 heavy (non-hydrogen) atoms. The van der Waals surface area contributed by atoms with Gasteiger partial charge in [0.2, 0.25) is 5.88 Å². The summed E-state index contributed by atoms with van der Waals surface area (Å²) in [6.07, 6.45) is 2.38. The molecule has 1 aromatic carbocycles. The summed E-state index contributed by atoms with van der Waals surface area (Å²) in [5.74, 6) is -0.0992. The van der Waals surface area contributed by atoms with Gasteiger partial charge in [-0.25, -0.2) is 18.4 Å². The molecule has 0 saturated carbocycles. The molecule has 4 rings (SSSR count). The molecule has 1 saturated heterocycles. The molecule has 1 aliphatic rings. The maximum atomic E-state index is 13.4. The second-order valence-electron chi connectivity index (χ2n) is 9.72. The number of anilines is 1. The lowest BCUT2D eigenvalue weighted by Crippen LogP contribution is -2.25. The number of hydrogen-bond donors (Lipinski definition) is 1. The molecule has 226 valence electrons. The first kappa shape index (κ1) is 31.5. The number of methoxy groups -OCH3 is 1. The predicted octanol–water partition coefficient (Wildman–Crippen LogP) is 3.10. The Morgan fingerprint density at radius 1 is 1.19 bits per heavy atom. The Morgan fingerprint density at radius 3 is 2.71 bits per heavy atom. The molecule has 3 heterocycles. The van der Waals surface area contributed by atoms with Gasteiger partial charge in [-0.3, -0.25) is 10.1 Å². The van der Waals surface area contributed by atoms with Crippen LogP contribution >= 0.6 is 11.3 Å². The minimum absolute atomic E-state index is 0.0172. The number of thiazole rings is 1. The van der Waals surface area contributed by atoms with E-state index in [4.69, 9.17) is 19.0 Å². The van der Waals surface area contributed by atoms with Crippen molar-refractivity contribution in [3.63, 3.8) is 0 Å². The summed E-state index contributed by atoms with van der Waals surface area (Å²) in [6.45, 7) is 2.54. The van der Waals surface area contributed by atoms with Gasteiger partial charge >= 0.3 is 0 Å². The van der Waals surface area contributed by atoms with Crippen molar-refractivity contribution in [2.45, 2.75) is 23.8 Å². The van der Waals surface area contributed by atoms with E-state index >= 15 is 0 Å². The Kier molecular flexibility index (Phi) is 11.4. The molecule has 1 N–H and O–H groups in total. The van der Waals surface area contributed by atoms with Crippen LogP contribution in [0.25, 0.3) is 10.6 Å². The molecule has 0 radical (unpaired) electrons. The van der Waals surface area contributed by atoms with E-state index in [1.165, 1.54) is 42.7 Å². The molecule has 0 bridgehead atoms. The van der Waals surface area contributed by atoms with E-state index in [-0.39, 0.29) is 22.5 Å². The zero-order valence-corrected chi connectivity index (χ0v) is 25.4. The van der Waals surface area contributed by atoms with Crippen molar-refractivity contribution < 1.29 is 32.3 Å². The molecule has 0 spiro atoms. The molecule has 1 fully saturated rings. The maximum Gasteiger partial charge on any atom is 0.280 e. The van der Waals surface area contributed by atoms with Gasteiger partial charge in [-0.2, -0.15) is 0 Å². The molecular formula is C28H35N5O7S2. The zero-order valence-electron chi connectivity index (χ0n) is 23.8. The number of amides is 1. The fourth-order valence-electron chi connectivity index (χ4n) is 3.85. The van der Waals surface area contributed by atoms with Gasteiger partial charge in [0.15, 0.2) is 26.8 Å². The number of nitrogens with one attached hydrogen (secondary N) is 1. The molecule has 1 amide bonds. The van der Waals surface area contributed by atoms with Crippen molar-refractivity contribution in [1.29, 1.82) is 0 Å². The Labute approximate surface area is 249 Å². The fourth-order valence-corrected chi connectivity index (χ4v) is 5.92. The highest BCUT2D eigenvalue weighted by molar-refractivity contribution is 7.91. The summed E-state index contributed by atoms with van der Waals surface area (Å²) in [4.78, 5) is 30.8. The average molecular weight is 618 g/mol. The van der Waals surface area contributed by atoms with Crippen LogP contribution in [0.2, 0.25) is 0 Å². The number of sulfone groups is 1. The highest BCUT2D eigenvalue weighted by Crippen LogP contribution is 2.29. The van der Waals surface area contributed by atoms with Gasteiger partial charge in [-0.1, -0.05) is 34.7 Å². The van der Waals surface area contributed by atoms with Gasteiger partial charge in [0, 0.05) is 44.5 Å². The number of benzene rings is 1. The van der Waals surface area contributed by atoms with Crippen LogP contribution in [-0.4, -0.2) is 101 Å². The largest absolute Gasteiger partial charge is 0.476 e. The van der Waals surface area contributed by atoms with Crippen molar-refractivity contribution in [3.05, 3.63) is 54.2 Å². The first-order valence-corrected chi connectivity index (χ1v) is 15.9. The third-order valence-corrected chi connectivity index (χ3v) is 8.89. The highest BCUT2D eigenvalue weighted by atomic mass is 32.2. The third kappa shape index (κ3) is 9.03. The first-order valence-electron chi connectivity index (χ1n) is 13.4. The Balaban J connectivity index is 1.49. The second-order valence-corrected chi connectivity index (χ2v) is 12.9. The molecule has 1 atom stereocenters. The maximum absolute atomic E-state index is 13.4. The number of aromatic nitrogens is 2. The zero-order chi connectivity index (χ0) is 30.0. The second kappa shape index (κ2) is 15.2. The van der Waals surface area contributed by atoms with Gasteiger partial charge in [0.05, 0.1) is 34.4 Å². The molecule has 12 nitrogen and oxygen atoms in total.